The Morgan fingerprint density at radius 2 is 1.66 bits per heavy atom. The van der Waals surface area contributed by atoms with Gasteiger partial charge in [-0.1, -0.05) is 6.07 Å². The van der Waals surface area contributed by atoms with Crippen LogP contribution in [0.3, 0.4) is 0 Å². The van der Waals surface area contributed by atoms with Crippen molar-refractivity contribution in [2.45, 2.75) is 26.8 Å². The number of rotatable bonds is 9. The molecule has 0 saturated carbocycles. The average Bonchev–Trinajstić information content (AvgIpc) is 2.66. The average molecular weight is 421 g/mol. The zero-order chi connectivity index (χ0) is 21.6. The highest BCUT2D eigenvalue weighted by Gasteiger charge is 2.12. The number of benzene rings is 2. The Morgan fingerprint density at radius 3 is 2.24 bits per heavy atom. The van der Waals surface area contributed by atoms with Crippen molar-refractivity contribution < 1.29 is 22.7 Å². The summed E-state index contributed by atoms with van der Waals surface area (Å²) >= 11 is 0. The van der Waals surface area contributed by atoms with Crippen LogP contribution >= 0.6 is 0 Å². The van der Waals surface area contributed by atoms with Crippen LogP contribution in [-0.4, -0.2) is 46.9 Å². The Hall–Kier alpha value is -2.74. The van der Waals surface area contributed by atoms with Crippen LogP contribution in [0.4, 0.5) is 5.69 Å². The number of nitrogens with zero attached hydrogens (tertiary/aromatic N) is 1. The molecule has 0 aromatic heterocycles. The van der Waals surface area contributed by atoms with Crippen LogP contribution in [0.5, 0.6) is 11.5 Å². The highest BCUT2D eigenvalue weighted by atomic mass is 32.2. The van der Waals surface area contributed by atoms with E-state index in [-0.39, 0.29) is 18.6 Å². The summed E-state index contributed by atoms with van der Waals surface area (Å²) in [4.78, 5) is 12.1. The first-order valence-electron chi connectivity index (χ1n) is 9.22. The molecule has 8 heteroatoms. The van der Waals surface area contributed by atoms with Crippen molar-refractivity contribution in [2.75, 3.05) is 30.8 Å². The van der Waals surface area contributed by atoms with Crippen molar-refractivity contribution in [1.29, 1.82) is 0 Å². The predicted molar refractivity (Wildman–Crippen MR) is 114 cm³/mol. The zero-order valence-corrected chi connectivity index (χ0v) is 18.2. The van der Waals surface area contributed by atoms with Gasteiger partial charge in [0.05, 0.1) is 18.0 Å². The summed E-state index contributed by atoms with van der Waals surface area (Å²) in [6, 6.07) is 12.2. The van der Waals surface area contributed by atoms with Crippen molar-refractivity contribution in [3.05, 3.63) is 53.6 Å². The SMILES string of the molecule is Cc1ccc(OCC(C)NC(=O)COc2ccc(N(C)S(C)(=O)=O)cc2)cc1C. The van der Waals surface area contributed by atoms with E-state index in [0.29, 0.717) is 18.0 Å². The number of hydrogen-bond acceptors (Lipinski definition) is 5. The molecule has 7 nitrogen and oxygen atoms in total. The van der Waals surface area contributed by atoms with Crippen molar-refractivity contribution in [1.82, 2.24) is 5.32 Å². The molecule has 2 aromatic carbocycles. The van der Waals surface area contributed by atoms with Crippen molar-refractivity contribution in [3.63, 3.8) is 0 Å². The lowest BCUT2D eigenvalue weighted by atomic mass is 10.1. The van der Waals surface area contributed by atoms with Crippen LogP contribution in [0.1, 0.15) is 18.1 Å². The molecule has 0 aliphatic carbocycles. The van der Waals surface area contributed by atoms with Gasteiger partial charge in [0, 0.05) is 7.05 Å². The molecular formula is C21H28N2O5S. The largest absolute Gasteiger partial charge is 0.491 e. The zero-order valence-electron chi connectivity index (χ0n) is 17.4. The van der Waals surface area contributed by atoms with Gasteiger partial charge in [0.1, 0.15) is 18.1 Å². The molecule has 158 valence electrons. The lowest BCUT2D eigenvalue weighted by Gasteiger charge is -2.17. The third kappa shape index (κ3) is 6.98. The summed E-state index contributed by atoms with van der Waals surface area (Å²) in [5, 5.41) is 2.82. The smallest absolute Gasteiger partial charge is 0.258 e. The number of ether oxygens (including phenoxy) is 2. The normalized spacial score (nSPS) is 12.2. The molecule has 1 amide bonds. The van der Waals surface area contributed by atoms with Gasteiger partial charge in [0.25, 0.3) is 5.91 Å². The number of anilines is 1. The Morgan fingerprint density at radius 1 is 1.03 bits per heavy atom. The number of aryl methyl sites for hydroxylation is 2. The predicted octanol–water partition coefficient (Wildman–Crippen LogP) is 2.66. The van der Waals surface area contributed by atoms with E-state index < -0.39 is 10.0 Å². The third-order valence-corrected chi connectivity index (χ3v) is 5.66. The molecule has 0 saturated heterocycles. The molecule has 0 heterocycles. The quantitative estimate of drug-likeness (QED) is 0.674. The Bertz CT molecular complexity index is 942. The topological polar surface area (TPSA) is 84.9 Å². The van der Waals surface area contributed by atoms with Crippen LogP contribution in [0.2, 0.25) is 0 Å². The summed E-state index contributed by atoms with van der Waals surface area (Å²) in [5.41, 5.74) is 2.87. The Balaban J connectivity index is 1.78. The van der Waals surface area contributed by atoms with Crippen LogP contribution in [0.15, 0.2) is 42.5 Å². The van der Waals surface area contributed by atoms with Gasteiger partial charge in [-0.05, 0) is 68.3 Å². The maximum absolute atomic E-state index is 12.1. The number of sulfonamides is 1. The van der Waals surface area contributed by atoms with Crippen molar-refractivity contribution in [3.8, 4) is 11.5 Å². The van der Waals surface area contributed by atoms with Gasteiger partial charge in [-0.15, -0.1) is 0 Å². The molecular weight excluding hydrogens is 392 g/mol. The van der Waals surface area contributed by atoms with E-state index in [0.717, 1.165) is 17.6 Å². The van der Waals surface area contributed by atoms with E-state index in [2.05, 4.69) is 5.32 Å². The monoisotopic (exact) mass is 420 g/mol. The molecule has 1 N–H and O–H groups in total. The number of nitrogens with one attached hydrogen (secondary N) is 1. The maximum atomic E-state index is 12.1. The molecule has 0 spiro atoms. The maximum Gasteiger partial charge on any atom is 0.258 e. The first-order chi connectivity index (χ1) is 13.6. The van der Waals surface area contributed by atoms with Crippen LogP contribution in [-0.2, 0) is 14.8 Å². The highest BCUT2D eigenvalue weighted by Crippen LogP contribution is 2.20. The number of carbonyl (C=O) groups excluding carboxylic acids is 1. The summed E-state index contributed by atoms with van der Waals surface area (Å²) in [6.45, 7) is 6.13. The Labute approximate surface area is 172 Å². The van der Waals surface area contributed by atoms with Crippen molar-refractivity contribution in [2.24, 2.45) is 0 Å². The van der Waals surface area contributed by atoms with Gasteiger partial charge >= 0.3 is 0 Å². The van der Waals surface area contributed by atoms with Gasteiger partial charge in [0.15, 0.2) is 6.61 Å². The summed E-state index contributed by atoms with van der Waals surface area (Å²) in [5.74, 6) is 0.980. The first kappa shape index (κ1) is 22.5. The van der Waals surface area contributed by atoms with E-state index in [9.17, 15) is 13.2 Å². The van der Waals surface area contributed by atoms with Crippen LogP contribution in [0, 0.1) is 13.8 Å². The van der Waals surface area contributed by atoms with Gasteiger partial charge in [-0.2, -0.15) is 0 Å². The van der Waals surface area contributed by atoms with E-state index in [1.807, 2.05) is 39.0 Å². The highest BCUT2D eigenvalue weighted by molar-refractivity contribution is 7.92. The summed E-state index contributed by atoms with van der Waals surface area (Å²) in [7, 11) is -1.85. The molecule has 2 aromatic rings. The lowest BCUT2D eigenvalue weighted by molar-refractivity contribution is -0.123. The summed E-state index contributed by atoms with van der Waals surface area (Å²) < 4.78 is 35.4. The molecule has 0 aliphatic heterocycles. The second-order valence-corrected chi connectivity index (χ2v) is 9.05. The number of amides is 1. The molecule has 29 heavy (non-hydrogen) atoms. The van der Waals surface area contributed by atoms with Crippen LogP contribution in [0.25, 0.3) is 0 Å². The van der Waals surface area contributed by atoms with E-state index in [1.54, 1.807) is 24.3 Å². The molecule has 0 bridgehead atoms. The fourth-order valence-electron chi connectivity index (χ4n) is 2.48. The fourth-order valence-corrected chi connectivity index (χ4v) is 2.98. The van der Waals surface area contributed by atoms with Gasteiger partial charge in [0.2, 0.25) is 10.0 Å². The number of carbonyl (C=O) groups is 1. The Kier molecular flexibility index (Phi) is 7.50. The standard InChI is InChI=1S/C21H28N2O5S/c1-15-6-9-20(12-16(15)2)27-13-17(3)22-21(24)14-28-19-10-7-18(8-11-19)23(4)29(5,25)26/h6-12,17H,13-14H2,1-5H3,(H,22,24). The van der Waals surface area contributed by atoms with E-state index in [4.69, 9.17) is 9.47 Å². The minimum absolute atomic E-state index is 0.144. The molecule has 1 atom stereocenters. The fraction of sp³-hybridized carbons (Fsp3) is 0.381. The molecule has 2 rings (SSSR count). The van der Waals surface area contributed by atoms with Gasteiger partial charge < -0.3 is 14.8 Å². The minimum Gasteiger partial charge on any atom is -0.491 e. The number of hydrogen-bond donors (Lipinski definition) is 1. The lowest BCUT2D eigenvalue weighted by Crippen LogP contribution is -2.39. The summed E-state index contributed by atoms with van der Waals surface area (Å²) in [6.07, 6.45) is 1.13. The minimum atomic E-state index is -3.32. The van der Waals surface area contributed by atoms with E-state index >= 15 is 0 Å². The third-order valence-electron chi connectivity index (χ3n) is 4.45. The molecule has 0 aliphatic rings. The molecule has 0 fully saturated rings. The second kappa shape index (κ2) is 9.65. The molecule has 0 radical (unpaired) electrons. The van der Waals surface area contributed by atoms with Crippen molar-refractivity contribution >= 4 is 21.6 Å². The second-order valence-electron chi connectivity index (χ2n) is 7.04. The van der Waals surface area contributed by atoms with Gasteiger partial charge in [-0.25, -0.2) is 8.42 Å². The molecule has 1 unspecified atom stereocenters. The van der Waals surface area contributed by atoms with Gasteiger partial charge in [-0.3, -0.25) is 9.10 Å². The van der Waals surface area contributed by atoms with Crippen LogP contribution < -0.4 is 19.1 Å². The van der Waals surface area contributed by atoms with E-state index in [1.165, 1.54) is 16.9 Å². The first-order valence-corrected chi connectivity index (χ1v) is 11.1.